The number of hydrogen-bond acceptors (Lipinski definition) is 3. The second-order valence-electron chi connectivity index (χ2n) is 15.4. The number of para-hydroxylation sites is 1. The van der Waals surface area contributed by atoms with E-state index in [1.807, 2.05) is 11.3 Å². The van der Waals surface area contributed by atoms with Gasteiger partial charge in [-0.1, -0.05) is 164 Å². The van der Waals surface area contributed by atoms with Gasteiger partial charge < -0.3 is 9.64 Å². The number of ether oxygens (including phenoxy) is 1. The predicted molar refractivity (Wildman–Crippen MR) is 240 cm³/mol. The van der Waals surface area contributed by atoms with Gasteiger partial charge in [0, 0.05) is 50.5 Å². The molecule has 2 nitrogen and oxygen atoms in total. The van der Waals surface area contributed by atoms with Crippen LogP contribution in [0.2, 0.25) is 0 Å². The molecule has 0 bridgehead atoms. The molecule has 0 N–H and O–H groups in total. The Bertz CT molecular complexity index is 2880. The molecule has 1 aromatic heterocycles. The summed E-state index contributed by atoms with van der Waals surface area (Å²) in [6.07, 6.45) is 20.4. The van der Waals surface area contributed by atoms with Crippen LogP contribution < -0.4 is 19.4 Å². The number of fused-ring (bicyclic) bond motifs is 6. The average molecular weight is 752 g/mol. The Morgan fingerprint density at radius 2 is 1.26 bits per heavy atom. The van der Waals surface area contributed by atoms with Crippen LogP contribution in [0, 0.1) is 0 Å². The second-order valence-corrected chi connectivity index (χ2v) is 16.4. The molecule has 4 atom stereocenters. The van der Waals surface area contributed by atoms with Crippen molar-refractivity contribution in [2.24, 2.45) is 0 Å². The molecule has 3 heteroatoms. The Labute approximate surface area is 338 Å². The van der Waals surface area contributed by atoms with Crippen LogP contribution in [0.25, 0.3) is 38.6 Å². The molecule has 0 fully saturated rings. The number of thiophene rings is 1. The fourth-order valence-corrected chi connectivity index (χ4v) is 10.8. The van der Waals surface area contributed by atoms with Crippen molar-refractivity contribution in [3.05, 3.63) is 226 Å². The fourth-order valence-electron chi connectivity index (χ4n) is 9.35. The highest BCUT2D eigenvalue weighted by Gasteiger charge is 2.33. The highest BCUT2D eigenvalue weighted by molar-refractivity contribution is 7.17. The van der Waals surface area contributed by atoms with Crippen LogP contribution >= 0.6 is 11.3 Å². The van der Waals surface area contributed by atoms with Gasteiger partial charge in [0.05, 0.1) is 4.53 Å². The smallest absolute Gasteiger partial charge is 0.128 e. The summed E-state index contributed by atoms with van der Waals surface area (Å²) in [6.45, 7) is 0. The molecule has 0 amide bonds. The molecule has 3 aliphatic carbocycles. The van der Waals surface area contributed by atoms with Crippen molar-refractivity contribution in [1.82, 2.24) is 0 Å². The number of hydrogen-bond donors (Lipinski definition) is 0. The highest BCUT2D eigenvalue weighted by Crippen LogP contribution is 2.44. The summed E-state index contributed by atoms with van der Waals surface area (Å²) in [5, 5.41) is 2.70. The van der Waals surface area contributed by atoms with E-state index in [1.165, 1.54) is 75.9 Å². The van der Waals surface area contributed by atoms with Crippen LogP contribution in [-0.2, 0) is 0 Å². The van der Waals surface area contributed by atoms with E-state index < -0.39 is 0 Å². The van der Waals surface area contributed by atoms with Crippen LogP contribution in [0.4, 0.5) is 11.4 Å². The molecule has 4 aliphatic rings. The highest BCUT2D eigenvalue weighted by atomic mass is 32.1. The minimum absolute atomic E-state index is 0.0225. The third-order valence-corrected chi connectivity index (χ3v) is 13.4. The van der Waals surface area contributed by atoms with Gasteiger partial charge in [-0.15, -0.1) is 11.3 Å². The van der Waals surface area contributed by atoms with Gasteiger partial charge in [-0.2, -0.15) is 0 Å². The van der Waals surface area contributed by atoms with E-state index in [2.05, 4.69) is 205 Å². The molecule has 0 radical (unpaired) electrons. The minimum Gasteiger partial charge on any atom is -0.485 e. The summed E-state index contributed by atoms with van der Waals surface area (Å²) < 4.78 is 9.10. The van der Waals surface area contributed by atoms with E-state index in [0.717, 1.165) is 18.6 Å². The molecule has 7 aromatic rings. The molecule has 1 aliphatic heterocycles. The first kappa shape index (κ1) is 33.9. The molecule has 2 heterocycles. The van der Waals surface area contributed by atoms with Crippen molar-refractivity contribution in [2.45, 2.75) is 36.7 Å². The normalized spacial score (nSPS) is 20.3. The van der Waals surface area contributed by atoms with Gasteiger partial charge in [0.2, 0.25) is 0 Å². The Morgan fingerprint density at radius 3 is 2.04 bits per heavy atom. The fraction of sp³-hybridized carbons (Fsp3) is 0.111. The van der Waals surface area contributed by atoms with Crippen molar-refractivity contribution >= 4 is 50.1 Å². The molecule has 0 spiro atoms. The number of allylic oxidation sites excluding steroid dienone is 6. The maximum atomic E-state index is 6.39. The van der Waals surface area contributed by atoms with Gasteiger partial charge in [0.15, 0.2) is 0 Å². The molecular formula is C54H41NOS. The lowest BCUT2D eigenvalue weighted by atomic mass is 9.79. The summed E-state index contributed by atoms with van der Waals surface area (Å²) >= 11 is 1.94. The predicted octanol–water partition coefficient (Wildman–Crippen LogP) is 12.6. The van der Waals surface area contributed by atoms with Crippen molar-refractivity contribution < 1.29 is 4.74 Å². The number of rotatable bonds is 7. The van der Waals surface area contributed by atoms with Crippen molar-refractivity contribution in [1.29, 1.82) is 0 Å². The Hall–Kier alpha value is -6.42. The van der Waals surface area contributed by atoms with Crippen LogP contribution in [-0.4, -0.2) is 6.10 Å². The lowest BCUT2D eigenvalue weighted by Gasteiger charge is -2.30. The first-order chi connectivity index (χ1) is 28.3. The van der Waals surface area contributed by atoms with Gasteiger partial charge in [-0.25, -0.2) is 0 Å². The third-order valence-electron chi connectivity index (χ3n) is 12.1. The zero-order chi connectivity index (χ0) is 37.7. The summed E-state index contributed by atoms with van der Waals surface area (Å²) in [4.78, 5) is 2.53. The van der Waals surface area contributed by atoms with E-state index in [0.29, 0.717) is 5.92 Å². The van der Waals surface area contributed by atoms with Crippen LogP contribution in [0.15, 0.2) is 194 Å². The Kier molecular flexibility index (Phi) is 8.48. The zero-order valence-corrected chi connectivity index (χ0v) is 32.4. The molecule has 274 valence electrons. The Balaban J connectivity index is 1.01. The van der Waals surface area contributed by atoms with Crippen LogP contribution in [0.3, 0.4) is 0 Å². The molecule has 57 heavy (non-hydrogen) atoms. The lowest BCUT2D eigenvalue weighted by molar-refractivity contribution is 0.269. The minimum atomic E-state index is 0.0225. The molecule has 4 unspecified atom stereocenters. The SMILES string of the molecule is C1=CC(c2ccccc2)C(c2ccc(N(C3=c4sc5c(-c6ccccc6)cccc5c4=CCC3)c3ccc(C4=CC5Oc6ccccc6C5C=C4)cc3)cc2)C=C1. The maximum absolute atomic E-state index is 6.39. The summed E-state index contributed by atoms with van der Waals surface area (Å²) in [6, 6.07) is 55.5. The van der Waals surface area contributed by atoms with Gasteiger partial charge in [-0.05, 0) is 87.9 Å². The molecule has 11 rings (SSSR count). The second kappa shape index (κ2) is 14.3. The van der Waals surface area contributed by atoms with E-state index in [1.54, 1.807) is 0 Å². The van der Waals surface area contributed by atoms with E-state index in [-0.39, 0.29) is 17.9 Å². The maximum Gasteiger partial charge on any atom is 0.128 e. The molecule has 0 saturated carbocycles. The van der Waals surface area contributed by atoms with Gasteiger partial charge >= 0.3 is 0 Å². The van der Waals surface area contributed by atoms with Crippen molar-refractivity contribution in [3.8, 4) is 16.9 Å². The van der Waals surface area contributed by atoms with Gasteiger partial charge in [0.25, 0.3) is 0 Å². The number of nitrogens with zero attached hydrogens (tertiary/aromatic N) is 1. The third kappa shape index (κ3) is 6.02. The summed E-state index contributed by atoms with van der Waals surface area (Å²) in [5.74, 6) is 1.84. The van der Waals surface area contributed by atoms with Crippen LogP contribution in [0.1, 0.15) is 52.8 Å². The van der Waals surface area contributed by atoms with E-state index in [9.17, 15) is 0 Å². The first-order valence-electron chi connectivity index (χ1n) is 20.1. The first-order valence-corrected chi connectivity index (χ1v) is 20.9. The number of anilines is 2. The largest absolute Gasteiger partial charge is 0.485 e. The monoisotopic (exact) mass is 751 g/mol. The average Bonchev–Trinajstić information content (AvgIpc) is 3.86. The van der Waals surface area contributed by atoms with E-state index in [4.69, 9.17) is 4.74 Å². The Morgan fingerprint density at radius 1 is 0.579 bits per heavy atom. The molecular weight excluding hydrogens is 711 g/mol. The van der Waals surface area contributed by atoms with E-state index >= 15 is 0 Å². The van der Waals surface area contributed by atoms with Crippen LogP contribution in [0.5, 0.6) is 5.75 Å². The van der Waals surface area contributed by atoms with Gasteiger partial charge in [0.1, 0.15) is 11.9 Å². The number of benzene rings is 6. The summed E-state index contributed by atoms with van der Waals surface area (Å²) in [7, 11) is 0. The van der Waals surface area contributed by atoms with Gasteiger partial charge in [-0.3, -0.25) is 0 Å². The topological polar surface area (TPSA) is 12.5 Å². The lowest BCUT2D eigenvalue weighted by Crippen LogP contribution is -2.31. The zero-order valence-electron chi connectivity index (χ0n) is 31.5. The molecule has 0 saturated heterocycles. The molecule has 6 aromatic carbocycles. The van der Waals surface area contributed by atoms with Crippen molar-refractivity contribution in [2.75, 3.05) is 4.90 Å². The quantitative estimate of drug-likeness (QED) is 0.161. The standard InChI is InChI=1S/C54H41NOS/c1-3-13-37(14-4-1)43-17-7-8-18-44(43)39-27-32-42(33-28-39)55(41-30-25-36(26-31-41)40-29-34-47-46-19-9-10-24-51(46)56-52(47)35-40)50-23-12-22-49-48-21-11-20-45(53(48)57-54(49)50)38-15-5-2-6-16-38/h1-11,13-22,24-35,43-44,47,52H,12,23H2. The van der Waals surface area contributed by atoms with Crippen molar-refractivity contribution in [3.63, 3.8) is 0 Å². The summed E-state index contributed by atoms with van der Waals surface area (Å²) in [5.41, 5.74) is 12.6.